The molecule has 0 spiro atoms. The van der Waals surface area contributed by atoms with Crippen LogP contribution in [0.3, 0.4) is 0 Å². The lowest BCUT2D eigenvalue weighted by molar-refractivity contribution is -0.117. The van der Waals surface area contributed by atoms with Crippen LogP contribution in [0, 0.1) is 0 Å². The van der Waals surface area contributed by atoms with Gasteiger partial charge in [-0.05, 0) is 43.3 Å². The topological polar surface area (TPSA) is 64.4 Å². The molecule has 162 valence electrons. The minimum Gasteiger partial charge on any atom is -0.495 e. The van der Waals surface area contributed by atoms with Crippen LogP contribution in [0.4, 0.5) is 5.69 Å². The molecule has 0 saturated heterocycles. The van der Waals surface area contributed by atoms with Gasteiger partial charge in [0.15, 0.2) is 5.16 Å². The van der Waals surface area contributed by atoms with Crippen LogP contribution in [0.25, 0.3) is 16.6 Å². The number of rotatable bonds is 6. The molecule has 1 atom stereocenters. The number of benzene rings is 3. The second-order valence-electron chi connectivity index (χ2n) is 7.22. The Morgan fingerprint density at radius 3 is 2.41 bits per heavy atom. The Morgan fingerprint density at radius 2 is 1.66 bits per heavy atom. The van der Waals surface area contributed by atoms with Gasteiger partial charge in [0.2, 0.25) is 5.91 Å². The van der Waals surface area contributed by atoms with E-state index in [1.54, 1.807) is 37.3 Å². The van der Waals surface area contributed by atoms with E-state index >= 15 is 0 Å². The third kappa shape index (κ3) is 4.11. The number of fused-ring (bicyclic) bond motifs is 1. The summed E-state index contributed by atoms with van der Waals surface area (Å²) in [5.41, 5.74) is 1.76. The van der Waals surface area contributed by atoms with Gasteiger partial charge in [0.1, 0.15) is 5.75 Å². The van der Waals surface area contributed by atoms with Crippen molar-refractivity contribution in [2.45, 2.75) is 17.3 Å². The summed E-state index contributed by atoms with van der Waals surface area (Å²) in [5.74, 6) is 0.462. The third-order valence-corrected chi connectivity index (χ3v) is 6.21. The first-order chi connectivity index (χ1) is 15.5. The van der Waals surface area contributed by atoms with Crippen molar-refractivity contribution in [3.05, 3.63) is 89.2 Å². The van der Waals surface area contributed by atoms with Crippen LogP contribution in [0.2, 0.25) is 0 Å². The Bertz CT molecular complexity index is 1320. The van der Waals surface area contributed by atoms with Crippen LogP contribution < -0.4 is 15.2 Å². The van der Waals surface area contributed by atoms with Crippen molar-refractivity contribution in [2.24, 2.45) is 0 Å². The summed E-state index contributed by atoms with van der Waals surface area (Å²) in [5, 5.41) is 0.456. The molecule has 32 heavy (non-hydrogen) atoms. The SMILES string of the molecule is COc1ccccc1-n1c(SC(C)C(=O)N(C)c2ccccc2)nc2ccccc2c1=O. The van der Waals surface area contributed by atoms with E-state index in [0.717, 1.165) is 5.69 Å². The Hall–Kier alpha value is -3.58. The number of anilines is 1. The molecule has 1 unspecified atom stereocenters. The number of carbonyl (C=O) groups excluding carboxylic acids is 1. The van der Waals surface area contributed by atoms with Gasteiger partial charge in [-0.2, -0.15) is 0 Å². The molecule has 1 aromatic heterocycles. The minimum atomic E-state index is -0.478. The number of hydrogen-bond donors (Lipinski definition) is 0. The Kier molecular flexibility index (Phi) is 6.28. The van der Waals surface area contributed by atoms with Crippen molar-refractivity contribution in [1.82, 2.24) is 9.55 Å². The molecule has 0 saturated carbocycles. The summed E-state index contributed by atoms with van der Waals surface area (Å²) < 4.78 is 7.02. The van der Waals surface area contributed by atoms with E-state index in [0.29, 0.717) is 27.5 Å². The predicted octanol–water partition coefficient (Wildman–Crippen LogP) is 4.54. The van der Waals surface area contributed by atoms with E-state index < -0.39 is 5.25 Å². The summed E-state index contributed by atoms with van der Waals surface area (Å²) in [6, 6.07) is 23.9. The number of aromatic nitrogens is 2. The number of methoxy groups -OCH3 is 1. The highest BCUT2D eigenvalue weighted by Gasteiger charge is 2.24. The van der Waals surface area contributed by atoms with Crippen molar-refractivity contribution in [1.29, 1.82) is 0 Å². The van der Waals surface area contributed by atoms with Gasteiger partial charge in [-0.25, -0.2) is 4.98 Å². The van der Waals surface area contributed by atoms with E-state index in [1.807, 2.05) is 67.6 Å². The highest BCUT2D eigenvalue weighted by atomic mass is 32.2. The number of nitrogens with zero attached hydrogens (tertiary/aromatic N) is 3. The molecule has 6 nitrogen and oxygen atoms in total. The number of thioether (sulfide) groups is 1. The standard InChI is InChI=1S/C25H23N3O3S/c1-17(23(29)27(2)18-11-5-4-6-12-18)32-25-26-20-14-8-7-13-19(20)24(30)28(25)21-15-9-10-16-22(21)31-3/h4-17H,1-3H3. The monoisotopic (exact) mass is 445 g/mol. The van der Waals surface area contributed by atoms with Gasteiger partial charge in [0, 0.05) is 12.7 Å². The molecule has 7 heteroatoms. The van der Waals surface area contributed by atoms with Crippen LogP contribution in [-0.4, -0.2) is 34.9 Å². The molecule has 4 aromatic rings. The van der Waals surface area contributed by atoms with E-state index in [-0.39, 0.29) is 11.5 Å². The molecule has 0 radical (unpaired) electrons. The number of hydrogen-bond acceptors (Lipinski definition) is 5. The predicted molar refractivity (Wildman–Crippen MR) is 129 cm³/mol. The van der Waals surface area contributed by atoms with Gasteiger partial charge >= 0.3 is 0 Å². The molecule has 0 fully saturated rings. The van der Waals surface area contributed by atoms with Crippen LogP contribution in [-0.2, 0) is 4.79 Å². The van der Waals surface area contributed by atoms with Gasteiger partial charge in [0.05, 0.1) is 29.0 Å². The van der Waals surface area contributed by atoms with Crippen molar-refractivity contribution in [2.75, 3.05) is 19.1 Å². The molecular formula is C25H23N3O3S. The average Bonchev–Trinajstić information content (AvgIpc) is 2.84. The van der Waals surface area contributed by atoms with Crippen LogP contribution in [0.1, 0.15) is 6.92 Å². The molecule has 4 rings (SSSR count). The minimum absolute atomic E-state index is 0.0878. The lowest BCUT2D eigenvalue weighted by Gasteiger charge is -2.22. The van der Waals surface area contributed by atoms with Crippen LogP contribution in [0.5, 0.6) is 5.75 Å². The zero-order chi connectivity index (χ0) is 22.7. The summed E-state index contributed by atoms with van der Waals surface area (Å²) in [6.07, 6.45) is 0. The van der Waals surface area contributed by atoms with Gasteiger partial charge in [-0.1, -0.05) is 54.2 Å². The van der Waals surface area contributed by atoms with E-state index in [4.69, 9.17) is 9.72 Å². The number of carbonyl (C=O) groups is 1. The maximum absolute atomic E-state index is 13.5. The fraction of sp³-hybridized carbons (Fsp3) is 0.160. The first kappa shape index (κ1) is 21.6. The molecule has 0 aliphatic rings. The lowest BCUT2D eigenvalue weighted by Crippen LogP contribution is -2.34. The highest BCUT2D eigenvalue weighted by Crippen LogP contribution is 2.30. The fourth-order valence-electron chi connectivity index (χ4n) is 3.48. The lowest BCUT2D eigenvalue weighted by atomic mass is 10.2. The summed E-state index contributed by atoms with van der Waals surface area (Å²) in [6.45, 7) is 1.82. The molecule has 0 aliphatic carbocycles. The number of ether oxygens (including phenoxy) is 1. The second kappa shape index (κ2) is 9.28. The molecule has 0 aliphatic heterocycles. The van der Waals surface area contributed by atoms with Crippen LogP contribution >= 0.6 is 11.8 Å². The second-order valence-corrected chi connectivity index (χ2v) is 8.52. The van der Waals surface area contributed by atoms with Crippen molar-refractivity contribution in [3.8, 4) is 11.4 Å². The fourth-order valence-corrected chi connectivity index (χ4v) is 4.49. The Morgan fingerprint density at radius 1 is 1.00 bits per heavy atom. The van der Waals surface area contributed by atoms with Crippen molar-refractivity contribution < 1.29 is 9.53 Å². The van der Waals surface area contributed by atoms with Crippen molar-refractivity contribution in [3.63, 3.8) is 0 Å². The number of amides is 1. The summed E-state index contributed by atoms with van der Waals surface area (Å²) in [7, 11) is 3.31. The molecule has 1 amide bonds. The quantitative estimate of drug-likeness (QED) is 0.322. The molecule has 1 heterocycles. The van der Waals surface area contributed by atoms with E-state index in [9.17, 15) is 9.59 Å². The first-order valence-corrected chi connectivity index (χ1v) is 11.0. The average molecular weight is 446 g/mol. The molecular weight excluding hydrogens is 422 g/mol. The smallest absolute Gasteiger partial charge is 0.266 e. The molecule has 3 aromatic carbocycles. The van der Waals surface area contributed by atoms with Crippen LogP contribution in [0.15, 0.2) is 88.8 Å². The first-order valence-electron chi connectivity index (χ1n) is 10.2. The third-order valence-electron chi connectivity index (χ3n) is 5.18. The summed E-state index contributed by atoms with van der Waals surface area (Å²) >= 11 is 1.25. The zero-order valence-electron chi connectivity index (χ0n) is 18.1. The van der Waals surface area contributed by atoms with E-state index in [2.05, 4.69) is 0 Å². The van der Waals surface area contributed by atoms with Crippen molar-refractivity contribution >= 4 is 34.3 Å². The normalized spacial score (nSPS) is 11.8. The Balaban J connectivity index is 1.79. The van der Waals surface area contributed by atoms with Gasteiger partial charge in [0.25, 0.3) is 5.56 Å². The van der Waals surface area contributed by atoms with Gasteiger partial charge in [-0.15, -0.1) is 0 Å². The molecule has 0 bridgehead atoms. The van der Waals surface area contributed by atoms with E-state index in [1.165, 1.54) is 16.3 Å². The molecule has 0 N–H and O–H groups in total. The maximum atomic E-state index is 13.5. The van der Waals surface area contributed by atoms with Gasteiger partial charge < -0.3 is 9.64 Å². The largest absolute Gasteiger partial charge is 0.495 e. The maximum Gasteiger partial charge on any atom is 0.266 e. The van der Waals surface area contributed by atoms with Gasteiger partial charge in [-0.3, -0.25) is 14.2 Å². The zero-order valence-corrected chi connectivity index (χ0v) is 18.9. The highest BCUT2D eigenvalue weighted by molar-refractivity contribution is 8.00. The number of para-hydroxylation sites is 4. The summed E-state index contributed by atoms with van der Waals surface area (Å²) in [4.78, 5) is 33.0. The Labute approximate surface area is 190 Å².